The molecule has 9 heteroatoms. The number of halogens is 2. The number of alkyl halides is 2. The van der Waals surface area contributed by atoms with Crippen LogP contribution >= 0.6 is 0 Å². The Bertz CT molecular complexity index is 1280. The lowest BCUT2D eigenvalue weighted by Crippen LogP contribution is -2.71. The average Bonchev–Trinajstić information content (AvgIpc) is 3.08. The van der Waals surface area contributed by atoms with Crippen LogP contribution in [0.1, 0.15) is 50.4 Å². The smallest absolute Gasteiger partial charge is 0.339 e. The molecule has 0 aliphatic heterocycles. The van der Waals surface area contributed by atoms with E-state index in [2.05, 4.69) is 5.32 Å². The second kappa shape index (κ2) is 8.46. The fourth-order valence-corrected chi connectivity index (χ4v) is 8.33. The molecule has 1 aromatic rings. The third-order valence-electron chi connectivity index (χ3n) is 10.1. The second-order valence-electron chi connectivity index (χ2n) is 11.8. The van der Waals surface area contributed by atoms with Crippen molar-refractivity contribution in [3.63, 3.8) is 0 Å². The Morgan fingerprint density at radius 2 is 1.92 bits per heavy atom. The molecule has 3 fully saturated rings. The zero-order valence-corrected chi connectivity index (χ0v) is 22.0. The van der Waals surface area contributed by atoms with E-state index in [0.29, 0.717) is 5.69 Å². The van der Waals surface area contributed by atoms with Crippen LogP contribution in [0.2, 0.25) is 0 Å². The van der Waals surface area contributed by atoms with Crippen LogP contribution in [0.5, 0.6) is 0 Å². The van der Waals surface area contributed by atoms with E-state index in [9.17, 15) is 19.5 Å². The molecule has 4 aliphatic carbocycles. The number of fused-ring (bicyclic) bond motifs is 5. The number of aliphatic hydroxyl groups is 1. The average molecular weight is 529 g/mol. The molecule has 0 spiro atoms. The molecule has 0 bridgehead atoms. The summed E-state index contributed by atoms with van der Waals surface area (Å²) in [6, 6.07) is 6.19. The van der Waals surface area contributed by atoms with Gasteiger partial charge in [-0.25, -0.2) is 13.6 Å². The van der Waals surface area contributed by atoms with Crippen LogP contribution in [-0.2, 0) is 14.3 Å². The number of rotatable bonds is 3. The molecule has 0 aromatic heterocycles. The number of carbonyl (C=O) groups is 3. The summed E-state index contributed by atoms with van der Waals surface area (Å²) >= 11 is 0. The molecule has 9 atom stereocenters. The van der Waals surface area contributed by atoms with Crippen LogP contribution in [0.3, 0.4) is 0 Å². The number of hydrogen-bond donors (Lipinski definition) is 3. The van der Waals surface area contributed by atoms with E-state index < -0.39 is 69.8 Å². The molecule has 4 aliphatic rings. The maximum atomic E-state index is 17.4. The summed E-state index contributed by atoms with van der Waals surface area (Å²) in [6.07, 6.45) is 0.346. The van der Waals surface area contributed by atoms with Gasteiger partial charge in [0, 0.05) is 35.4 Å². The van der Waals surface area contributed by atoms with E-state index in [4.69, 9.17) is 10.5 Å². The van der Waals surface area contributed by atoms with E-state index in [1.807, 2.05) is 0 Å². The highest BCUT2D eigenvalue weighted by Gasteiger charge is 2.78. The first-order valence-corrected chi connectivity index (χ1v) is 13.0. The lowest BCUT2D eigenvalue weighted by molar-refractivity contribution is -0.223. The largest absolute Gasteiger partial charge is 0.444 e. The number of allylic oxidation sites excluding steroid dienone is 4. The number of aliphatic hydroxyl groups excluding tert-OH is 1. The normalized spacial score (nSPS) is 43.4. The Hall–Kier alpha value is -3.07. The molecule has 1 aromatic carbocycles. The summed E-state index contributed by atoms with van der Waals surface area (Å²) < 4.78 is 39.2. The molecule has 4 N–H and O–H groups in total. The van der Waals surface area contributed by atoms with Crippen molar-refractivity contribution in [2.75, 3.05) is 12.8 Å². The van der Waals surface area contributed by atoms with Crippen molar-refractivity contribution in [1.29, 1.82) is 0 Å². The van der Waals surface area contributed by atoms with Crippen molar-refractivity contribution in [3.05, 3.63) is 53.6 Å². The first-order valence-electron chi connectivity index (χ1n) is 13.0. The van der Waals surface area contributed by atoms with Gasteiger partial charge in [0.1, 0.15) is 6.17 Å². The highest BCUT2D eigenvalue weighted by Crippen LogP contribution is 2.71. The number of anilines is 1. The van der Waals surface area contributed by atoms with Gasteiger partial charge in [0.25, 0.3) is 5.91 Å². The highest BCUT2D eigenvalue weighted by molar-refractivity contribution is 6.01. The highest BCUT2D eigenvalue weighted by atomic mass is 19.1. The Morgan fingerprint density at radius 1 is 1.21 bits per heavy atom. The predicted octanol–water partition coefficient (Wildman–Crippen LogP) is 3.48. The second-order valence-corrected chi connectivity index (χ2v) is 11.8. The van der Waals surface area contributed by atoms with Crippen LogP contribution in [0, 0.1) is 28.6 Å². The minimum atomic E-state index is -2.29. The Balaban J connectivity index is 1.63. The lowest BCUT2D eigenvalue weighted by Gasteiger charge is -2.63. The number of benzene rings is 1. The van der Waals surface area contributed by atoms with Crippen molar-refractivity contribution in [3.8, 4) is 0 Å². The van der Waals surface area contributed by atoms with Gasteiger partial charge >= 0.3 is 5.97 Å². The number of nitrogens with two attached hydrogens (primary N) is 1. The number of carbonyl (C=O) groups excluding carboxylic acids is 3. The SMILES string of the molecule is CNC(=O)[C@@]1(OC(=O)c2cccc(N)c2)[C@H](C)C[C@H]2[C@@H]3C[C@H](F)C4=CC(=O)C=C[C@]4(C)[C@@]3(F)[C@@H](O)C[C@@]21C. The lowest BCUT2D eigenvalue weighted by atomic mass is 9.44. The summed E-state index contributed by atoms with van der Waals surface area (Å²) in [6.45, 7) is 5.02. The van der Waals surface area contributed by atoms with Crippen molar-refractivity contribution in [2.24, 2.45) is 28.6 Å². The molecule has 38 heavy (non-hydrogen) atoms. The van der Waals surface area contributed by atoms with Crippen molar-refractivity contribution < 1.29 is 33.0 Å². The maximum absolute atomic E-state index is 17.4. The molecule has 204 valence electrons. The number of ketones is 1. The monoisotopic (exact) mass is 528 g/mol. The van der Waals surface area contributed by atoms with Gasteiger partial charge in [-0.3, -0.25) is 9.59 Å². The van der Waals surface area contributed by atoms with Crippen molar-refractivity contribution >= 4 is 23.3 Å². The number of likely N-dealkylation sites (N-methyl/N-ethyl adjacent to an activating group) is 1. The summed E-state index contributed by atoms with van der Waals surface area (Å²) in [5.74, 6) is -3.90. The molecule has 1 amide bonds. The number of ether oxygens (including phenoxy) is 1. The number of amides is 1. The van der Waals surface area contributed by atoms with Crippen LogP contribution < -0.4 is 11.1 Å². The van der Waals surface area contributed by atoms with Crippen molar-refractivity contribution in [1.82, 2.24) is 5.32 Å². The summed E-state index contributed by atoms with van der Waals surface area (Å²) in [4.78, 5) is 39.1. The zero-order valence-electron chi connectivity index (χ0n) is 22.0. The summed E-state index contributed by atoms with van der Waals surface area (Å²) in [7, 11) is 1.43. The van der Waals surface area contributed by atoms with Gasteiger partial charge in [0.05, 0.1) is 11.7 Å². The Kier molecular flexibility index (Phi) is 5.91. The van der Waals surface area contributed by atoms with Gasteiger partial charge in [-0.05, 0) is 68.0 Å². The number of nitrogen functional groups attached to an aromatic ring is 1. The fourth-order valence-electron chi connectivity index (χ4n) is 8.33. The molecule has 3 saturated carbocycles. The van der Waals surface area contributed by atoms with Gasteiger partial charge in [-0.2, -0.15) is 0 Å². The molecule has 0 unspecified atom stereocenters. The van der Waals surface area contributed by atoms with E-state index >= 15 is 8.78 Å². The van der Waals surface area contributed by atoms with Gasteiger partial charge in [-0.15, -0.1) is 0 Å². The third-order valence-corrected chi connectivity index (χ3v) is 10.1. The first-order chi connectivity index (χ1) is 17.8. The number of hydrogen-bond acceptors (Lipinski definition) is 6. The fraction of sp³-hybridized carbons (Fsp3) is 0.552. The molecule has 5 rings (SSSR count). The van der Waals surface area contributed by atoms with Crippen molar-refractivity contribution in [2.45, 2.75) is 63.6 Å². The quantitative estimate of drug-likeness (QED) is 0.408. The van der Waals surface area contributed by atoms with Crippen LogP contribution in [0.15, 0.2) is 48.1 Å². The minimum Gasteiger partial charge on any atom is -0.444 e. The molecular weight excluding hydrogens is 494 g/mol. The van der Waals surface area contributed by atoms with E-state index in [0.717, 1.165) is 6.08 Å². The van der Waals surface area contributed by atoms with Gasteiger partial charge in [-0.1, -0.05) is 26.0 Å². The van der Waals surface area contributed by atoms with Gasteiger partial charge in [0.2, 0.25) is 0 Å². The summed E-state index contributed by atoms with van der Waals surface area (Å²) in [5, 5.41) is 14.2. The van der Waals surface area contributed by atoms with E-state index in [1.54, 1.807) is 26.0 Å². The molecule has 7 nitrogen and oxygen atoms in total. The number of nitrogens with one attached hydrogen (secondary N) is 1. The zero-order chi connectivity index (χ0) is 27.8. The van der Waals surface area contributed by atoms with Crippen LogP contribution in [0.25, 0.3) is 0 Å². The Morgan fingerprint density at radius 3 is 2.58 bits per heavy atom. The third kappa shape index (κ3) is 3.17. The first kappa shape index (κ1) is 26.5. The number of esters is 1. The minimum absolute atomic E-state index is 0.0307. The van der Waals surface area contributed by atoms with Gasteiger partial charge in [0.15, 0.2) is 17.1 Å². The maximum Gasteiger partial charge on any atom is 0.339 e. The standard InChI is InChI=1S/C29H34F2N2O5/c1-15-10-19-20-13-22(30)21-12-18(34)8-9-26(21,2)28(20,31)23(35)14-27(19,3)29(15,25(37)33-4)38-24(36)16-6-5-7-17(32)11-16/h5-9,11-12,15,19-20,22-23,35H,10,13-14,32H2,1-4H3,(H,33,37)/t15-,19+,20+,22+,23+,26+,27+,28+,29+/m1/s1. The molecule has 0 heterocycles. The molecule has 0 radical (unpaired) electrons. The Labute approximate surface area is 220 Å². The predicted molar refractivity (Wildman–Crippen MR) is 136 cm³/mol. The van der Waals surface area contributed by atoms with Gasteiger partial charge < -0.3 is 20.9 Å². The molecule has 0 saturated heterocycles. The summed E-state index contributed by atoms with van der Waals surface area (Å²) in [5.41, 5.74) is -0.415. The molecular formula is C29H34F2N2O5. The van der Waals surface area contributed by atoms with E-state index in [1.165, 1.54) is 38.3 Å². The topological polar surface area (TPSA) is 119 Å². The van der Waals surface area contributed by atoms with Crippen LogP contribution in [-0.4, -0.2) is 53.4 Å². The van der Waals surface area contributed by atoms with E-state index in [-0.39, 0.29) is 30.4 Å². The van der Waals surface area contributed by atoms with Crippen LogP contribution in [0.4, 0.5) is 14.5 Å².